The predicted molar refractivity (Wildman–Crippen MR) is 142 cm³/mol. The van der Waals surface area contributed by atoms with Crippen molar-refractivity contribution in [3.8, 4) is 11.8 Å². The van der Waals surface area contributed by atoms with Crippen molar-refractivity contribution in [3.63, 3.8) is 0 Å². The average molecular weight is 610 g/mol. The molecule has 1 N–H and O–H groups in total. The molecule has 3 fully saturated rings. The van der Waals surface area contributed by atoms with E-state index < -0.39 is 50.8 Å². The van der Waals surface area contributed by atoms with Gasteiger partial charge in [0, 0.05) is 25.1 Å². The maximum absolute atomic E-state index is 14.0. The summed E-state index contributed by atoms with van der Waals surface area (Å²) in [5, 5.41) is 10.6. The van der Waals surface area contributed by atoms with Crippen LogP contribution in [0, 0.1) is 11.3 Å². The summed E-state index contributed by atoms with van der Waals surface area (Å²) in [7, 11) is -4.17. The molecular weight excluding hydrogens is 583 g/mol. The van der Waals surface area contributed by atoms with Crippen LogP contribution in [0.2, 0.25) is 5.02 Å². The zero-order valence-corrected chi connectivity index (χ0v) is 23.4. The van der Waals surface area contributed by atoms with Crippen LogP contribution in [-0.4, -0.2) is 61.3 Å². The Morgan fingerprint density at radius 1 is 1.12 bits per heavy atom. The van der Waals surface area contributed by atoms with Crippen molar-refractivity contribution in [2.45, 2.75) is 71.8 Å². The van der Waals surface area contributed by atoms with E-state index in [9.17, 15) is 36.4 Å². The van der Waals surface area contributed by atoms with Crippen LogP contribution in [0.5, 0.6) is 5.75 Å². The molecule has 1 heterocycles. The lowest BCUT2D eigenvalue weighted by Gasteiger charge is -2.29. The lowest BCUT2D eigenvalue weighted by Crippen LogP contribution is -2.45. The predicted octanol–water partition coefficient (Wildman–Crippen LogP) is 4.32. The van der Waals surface area contributed by atoms with Crippen LogP contribution < -0.4 is 10.1 Å². The lowest BCUT2D eigenvalue weighted by atomic mass is 9.94. The number of carbonyl (C=O) groups is 2. The van der Waals surface area contributed by atoms with Gasteiger partial charge in [-0.2, -0.15) is 18.4 Å². The fourth-order valence-electron chi connectivity index (χ4n) is 5.39. The number of nitriles is 1. The molecule has 1 aliphatic heterocycles. The third-order valence-electron chi connectivity index (χ3n) is 7.94. The maximum atomic E-state index is 14.0. The summed E-state index contributed by atoms with van der Waals surface area (Å²) >= 11 is 6.20. The molecule has 1 saturated heterocycles. The van der Waals surface area contributed by atoms with Crippen LogP contribution in [-0.2, 0) is 24.8 Å². The van der Waals surface area contributed by atoms with Gasteiger partial charge >= 0.3 is 6.18 Å². The number of benzene rings is 2. The number of nitrogens with one attached hydrogen (secondary N) is 1. The molecule has 2 aliphatic carbocycles. The van der Waals surface area contributed by atoms with Crippen molar-refractivity contribution >= 4 is 33.3 Å². The molecule has 3 aliphatic rings. The van der Waals surface area contributed by atoms with Gasteiger partial charge in [-0.05, 0) is 49.8 Å². The zero-order chi connectivity index (χ0) is 29.6. The zero-order valence-electron chi connectivity index (χ0n) is 21.8. The average Bonchev–Trinajstić information content (AvgIpc) is 3.84. The number of amides is 2. The van der Waals surface area contributed by atoms with Crippen molar-refractivity contribution in [3.05, 3.63) is 59.1 Å². The molecule has 0 radical (unpaired) electrons. The van der Waals surface area contributed by atoms with Crippen molar-refractivity contribution in [1.82, 2.24) is 10.2 Å². The van der Waals surface area contributed by atoms with Gasteiger partial charge in [0.25, 0.3) is 0 Å². The molecule has 0 bridgehead atoms. The Balaban J connectivity index is 1.39. The molecule has 218 valence electrons. The van der Waals surface area contributed by atoms with E-state index in [1.807, 2.05) is 30.3 Å². The smallest absolute Gasteiger partial charge is 0.422 e. The highest BCUT2D eigenvalue weighted by molar-refractivity contribution is 7.92. The van der Waals surface area contributed by atoms with Crippen LogP contribution >= 0.6 is 11.6 Å². The summed E-state index contributed by atoms with van der Waals surface area (Å²) in [6, 6.07) is 13.7. The van der Waals surface area contributed by atoms with Gasteiger partial charge in [-0.15, -0.1) is 0 Å². The minimum Gasteiger partial charge on any atom is -0.484 e. The van der Waals surface area contributed by atoms with E-state index in [2.05, 4.69) is 16.1 Å². The van der Waals surface area contributed by atoms with E-state index in [-0.39, 0.29) is 41.0 Å². The number of alkyl halides is 3. The third kappa shape index (κ3) is 6.02. The molecular formula is C28H27ClF3N3O5S. The molecule has 8 nitrogen and oxygen atoms in total. The van der Waals surface area contributed by atoms with Crippen molar-refractivity contribution in [2.75, 3.05) is 13.2 Å². The Labute approximate surface area is 240 Å². The first-order valence-corrected chi connectivity index (χ1v) is 15.0. The summed E-state index contributed by atoms with van der Waals surface area (Å²) in [6.45, 7) is -1.74. The minimum absolute atomic E-state index is 0.0471. The number of likely N-dealkylation sites (tertiary alicyclic amines) is 1. The standard InChI is InChI=1S/C28H27ClF3N3O5S/c29-22-14-20(40-17-28(30,31)32)6-7-23(22)41(38,39)21-12-19(13-24(36)34-26(16-33)8-9-26)35(15-21)25(37)27(10-11-27)18-4-2-1-3-5-18/h1-7,14,19,21H,8-13,15,17H2,(H,34,36)/t19-,21+/m0/s1. The first-order valence-electron chi connectivity index (χ1n) is 13.1. The highest BCUT2D eigenvalue weighted by atomic mass is 35.5. The second-order valence-electron chi connectivity index (χ2n) is 10.9. The van der Waals surface area contributed by atoms with Crippen LogP contribution in [0.4, 0.5) is 13.2 Å². The summed E-state index contributed by atoms with van der Waals surface area (Å²) in [6.07, 6.45) is -2.57. The Morgan fingerprint density at radius 3 is 2.37 bits per heavy atom. The maximum Gasteiger partial charge on any atom is 0.422 e. The van der Waals surface area contributed by atoms with E-state index in [1.165, 1.54) is 4.90 Å². The summed E-state index contributed by atoms with van der Waals surface area (Å²) in [5.41, 5.74) is -0.895. The number of nitrogens with zero attached hydrogens (tertiary/aromatic N) is 2. The topological polar surface area (TPSA) is 117 Å². The number of ether oxygens (including phenoxy) is 1. The number of halogens is 4. The summed E-state index contributed by atoms with van der Waals surface area (Å²) < 4.78 is 69.7. The highest BCUT2D eigenvalue weighted by Gasteiger charge is 2.56. The second kappa shape index (κ2) is 10.5. The Kier molecular flexibility index (Phi) is 7.49. The molecule has 13 heteroatoms. The van der Waals surface area contributed by atoms with Gasteiger partial charge in [0.2, 0.25) is 11.8 Å². The molecule has 41 heavy (non-hydrogen) atoms. The van der Waals surface area contributed by atoms with Gasteiger partial charge in [-0.25, -0.2) is 8.42 Å². The van der Waals surface area contributed by atoms with Crippen molar-refractivity contribution < 1.29 is 35.9 Å². The normalized spacial score (nSPS) is 22.5. The number of hydrogen-bond donors (Lipinski definition) is 1. The van der Waals surface area contributed by atoms with Gasteiger partial charge in [-0.1, -0.05) is 41.9 Å². The first kappa shape index (κ1) is 29.2. The van der Waals surface area contributed by atoms with E-state index >= 15 is 0 Å². The SMILES string of the molecule is N#CC1(NC(=O)C[C@@H]2C[C@@H](S(=O)(=O)c3ccc(OCC(F)(F)F)cc3Cl)CN2C(=O)C2(c3ccccc3)CC2)CC1. The van der Waals surface area contributed by atoms with E-state index in [4.69, 9.17) is 11.6 Å². The fraction of sp³-hybridized carbons (Fsp3) is 0.464. The second-order valence-corrected chi connectivity index (χ2v) is 13.5. The van der Waals surface area contributed by atoms with E-state index in [0.29, 0.717) is 25.7 Å². The Hall–Kier alpha value is -3.30. The Morgan fingerprint density at radius 2 is 1.80 bits per heavy atom. The number of rotatable bonds is 9. The van der Waals surface area contributed by atoms with Crippen LogP contribution in [0.1, 0.15) is 44.1 Å². The van der Waals surface area contributed by atoms with Crippen LogP contribution in [0.3, 0.4) is 0 Å². The van der Waals surface area contributed by atoms with Crippen LogP contribution in [0.15, 0.2) is 53.4 Å². The number of hydrogen-bond acceptors (Lipinski definition) is 6. The molecule has 0 spiro atoms. The monoisotopic (exact) mass is 609 g/mol. The Bertz CT molecular complexity index is 1500. The fourth-order valence-corrected chi connectivity index (χ4v) is 7.67. The molecule has 2 saturated carbocycles. The van der Waals surface area contributed by atoms with Crippen molar-refractivity contribution in [1.29, 1.82) is 5.26 Å². The number of carbonyl (C=O) groups excluding carboxylic acids is 2. The molecule has 2 atom stereocenters. The lowest BCUT2D eigenvalue weighted by molar-refractivity contribution is -0.153. The molecule has 2 aromatic rings. The summed E-state index contributed by atoms with van der Waals surface area (Å²) in [5.74, 6) is -0.949. The van der Waals surface area contributed by atoms with Gasteiger partial charge in [0.1, 0.15) is 11.3 Å². The third-order valence-corrected chi connectivity index (χ3v) is 10.6. The first-order chi connectivity index (χ1) is 19.3. The number of sulfone groups is 1. The van der Waals surface area contributed by atoms with E-state index in [0.717, 1.165) is 23.8 Å². The van der Waals surface area contributed by atoms with Gasteiger partial charge in [-0.3, -0.25) is 9.59 Å². The molecule has 0 aromatic heterocycles. The largest absolute Gasteiger partial charge is 0.484 e. The van der Waals surface area contributed by atoms with Gasteiger partial charge in [0.05, 0.1) is 26.7 Å². The minimum atomic E-state index is -4.58. The highest BCUT2D eigenvalue weighted by Crippen LogP contribution is 2.51. The molecule has 5 rings (SSSR count). The molecule has 0 unspecified atom stereocenters. The van der Waals surface area contributed by atoms with Gasteiger partial charge in [0.15, 0.2) is 16.4 Å². The molecule has 2 amide bonds. The summed E-state index contributed by atoms with van der Waals surface area (Å²) in [4.78, 5) is 28.0. The van der Waals surface area contributed by atoms with Gasteiger partial charge < -0.3 is 15.0 Å². The van der Waals surface area contributed by atoms with E-state index in [1.54, 1.807) is 0 Å². The van der Waals surface area contributed by atoms with Crippen LogP contribution in [0.25, 0.3) is 0 Å². The molecule has 2 aromatic carbocycles. The quantitative estimate of drug-likeness (QED) is 0.453. The van der Waals surface area contributed by atoms with Crippen molar-refractivity contribution in [2.24, 2.45) is 0 Å².